The van der Waals surface area contributed by atoms with Gasteiger partial charge in [0.1, 0.15) is 12.4 Å². The van der Waals surface area contributed by atoms with Crippen molar-refractivity contribution < 1.29 is 13.2 Å². The van der Waals surface area contributed by atoms with Crippen LogP contribution >= 0.6 is 0 Å². The number of hydrogen-bond donors (Lipinski definition) is 0. The van der Waals surface area contributed by atoms with E-state index in [2.05, 4.69) is 38.1 Å². The molecule has 29 heavy (non-hydrogen) atoms. The quantitative estimate of drug-likeness (QED) is 0.477. The molecule has 0 aliphatic heterocycles. The molecule has 0 N–H and O–H groups in total. The Hall–Kier alpha value is -2.59. The maximum absolute atomic E-state index is 12.7. The van der Waals surface area contributed by atoms with E-state index >= 15 is 0 Å². The highest BCUT2D eigenvalue weighted by Crippen LogP contribution is 2.23. The molecule has 4 heteroatoms. The third kappa shape index (κ3) is 6.20. The van der Waals surface area contributed by atoms with E-state index in [1.165, 1.54) is 5.56 Å². The Morgan fingerprint density at radius 3 is 2.28 bits per heavy atom. The predicted octanol–water partition coefficient (Wildman–Crippen LogP) is 5.75. The van der Waals surface area contributed by atoms with Crippen LogP contribution in [0.2, 0.25) is 0 Å². The zero-order valence-corrected chi connectivity index (χ0v) is 18.1. The number of sulfone groups is 1. The molecule has 0 saturated carbocycles. The van der Waals surface area contributed by atoms with Crippen LogP contribution in [0.4, 0.5) is 0 Å². The first-order chi connectivity index (χ1) is 13.8. The second kappa shape index (κ2) is 9.27. The molecule has 0 fully saturated rings. The van der Waals surface area contributed by atoms with Gasteiger partial charge in [0.2, 0.25) is 0 Å². The zero-order chi connectivity index (χ0) is 20.9. The Morgan fingerprint density at radius 1 is 0.828 bits per heavy atom. The topological polar surface area (TPSA) is 43.4 Å². The number of aryl methyl sites for hydroxylation is 1. The summed E-state index contributed by atoms with van der Waals surface area (Å²) in [5.74, 6) is 1.26. The van der Waals surface area contributed by atoms with Crippen LogP contribution < -0.4 is 4.74 Å². The van der Waals surface area contributed by atoms with E-state index in [1.54, 1.807) is 24.3 Å². The Balaban J connectivity index is 1.73. The molecule has 0 bridgehead atoms. The maximum Gasteiger partial charge on any atom is 0.182 e. The highest BCUT2D eigenvalue weighted by atomic mass is 32.2. The average molecular weight is 409 g/mol. The van der Waals surface area contributed by atoms with Gasteiger partial charge in [0.15, 0.2) is 9.84 Å². The van der Waals surface area contributed by atoms with Crippen LogP contribution in [-0.4, -0.2) is 8.42 Å². The van der Waals surface area contributed by atoms with E-state index in [0.717, 1.165) is 23.1 Å². The number of benzene rings is 3. The standard InChI is InChI=1S/C25H28O3S/c1-19(2)12-21-8-7-9-22(15-21)17-28-24-14-20(3)13-23(16-24)18-29(26,27)25-10-5-4-6-11-25/h4-11,13-16,19H,12,17-18H2,1-3H3. The summed E-state index contributed by atoms with van der Waals surface area (Å²) in [6.45, 7) is 6.83. The van der Waals surface area contributed by atoms with E-state index in [9.17, 15) is 8.42 Å². The van der Waals surface area contributed by atoms with Crippen molar-refractivity contribution in [3.63, 3.8) is 0 Å². The first-order valence-electron chi connectivity index (χ1n) is 9.91. The van der Waals surface area contributed by atoms with E-state index in [4.69, 9.17) is 4.74 Å². The third-order valence-corrected chi connectivity index (χ3v) is 6.31. The van der Waals surface area contributed by atoms with Gasteiger partial charge in [-0.3, -0.25) is 0 Å². The van der Waals surface area contributed by atoms with Crippen LogP contribution in [0.25, 0.3) is 0 Å². The lowest BCUT2D eigenvalue weighted by atomic mass is 10.0. The number of rotatable bonds is 8. The molecule has 0 aromatic heterocycles. The van der Waals surface area contributed by atoms with Crippen LogP contribution in [0.15, 0.2) is 77.7 Å². The summed E-state index contributed by atoms with van der Waals surface area (Å²) in [7, 11) is -3.39. The van der Waals surface area contributed by atoms with Gasteiger partial charge in [-0.2, -0.15) is 0 Å². The Kier molecular flexibility index (Phi) is 6.75. The molecule has 0 saturated heterocycles. The molecule has 3 rings (SSSR count). The second-order valence-corrected chi connectivity index (χ2v) is 9.92. The summed E-state index contributed by atoms with van der Waals surface area (Å²) in [6.07, 6.45) is 1.04. The van der Waals surface area contributed by atoms with Crippen molar-refractivity contribution in [2.45, 2.75) is 44.4 Å². The Bertz CT molecular complexity index is 1050. The fourth-order valence-electron chi connectivity index (χ4n) is 3.41. The van der Waals surface area contributed by atoms with Gasteiger partial charge >= 0.3 is 0 Å². The largest absolute Gasteiger partial charge is 0.489 e. The van der Waals surface area contributed by atoms with Crippen molar-refractivity contribution in [3.05, 3.63) is 95.1 Å². The molecule has 152 valence electrons. The summed E-state index contributed by atoms with van der Waals surface area (Å²) in [5, 5.41) is 0. The first-order valence-corrected chi connectivity index (χ1v) is 11.6. The van der Waals surface area contributed by atoms with Crippen molar-refractivity contribution >= 4 is 9.84 Å². The molecule has 0 spiro atoms. The van der Waals surface area contributed by atoms with Crippen molar-refractivity contribution in [3.8, 4) is 5.75 Å². The Morgan fingerprint density at radius 2 is 1.55 bits per heavy atom. The van der Waals surface area contributed by atoms with E-state index in [-0.39, 0.29) is 5.75 Å². The van der Waals surface area contributed by atoms with Gasteiger partial charge in [-0.25, -0.2) is 8.42 Å². The van der Waals surface area contributed by atoms with E-state index in [1.807, 2.05) is 31.2 Å². The van der Waals surface area contributed by atoms with Crippen LogP contribution in [0.5, 0.6) is 5.75 Å². The van der Waals surface area contributed by atoms with Crippen LogP contribution in [0, 0.1) is 12.8 Å². The van der Waals surface area contributed by atoms with E-state index in [0.29, 0.717) is 23.2 Å². The minimum Gasteiger partial charge on any atom is -0.489 e. The van der Waals surface area contributed by atoms with Gasteiger partial charge < -0.3 is 4.74 Å². The van der Waals surface area contributed by atoms with Gasteiger partial charge in [0.25, 0.3) is 0 Å². The minimum absolute atomic E-state index is 0.0427. The van der Waals surface area contributed by atoms with Gasteiger partial charge in [0.05, 0.1) is 10.6 Å². The fraction of sp³-hybridized carbons (Fsp3) is 0.280. The van der Waals surface area contributed by atoms with Crippen molar-refractivity contribution in [1.29, 1.82) is 0 Å². The minimum atomic E-state index is -3.39. The number of hydrogen-bond acceptors (Lipinski definition) is 3. The molecule has 0 amide bonds. The summed E-state index contributed by atoms with van der Waals surface area (Å²) in [6, 6.07) is 22.7. The molecule has 0 unspecified atom stereocenters. The summed E-state index contributed by atoms with van der Waals surface area (Å²) < 4.78 is 31.4. The van der Waals surface area contributed by atoms with Crippen molar-refractivity contribution in [2.24, 2.45) is 5.92 Å². The molecule has 0 radical (unpaired) electrons. The summed E-state index contributed by atoms with van der Waals surface area (Å²) >= 11 is 0. The van der Waals surface area contributed by atoms with Gasteiger partial charge in [0, 0.05) is 0 Å². The van der Waals surface area contributed by atoms with Crippen molar-refractivity contribution in [2.75, 3.05) is 0 Å². The normalized spacial score (nSPS) is 11.6. The van der Waals surface area contributed by atoms with Crippen LogP contribution in [-0.2, 0) is 28.6 Å². The SMILES string of the molecule is Cc1cc(CS(=O)(=O)c2ccccc2)cc(OCc2cccc(CC(C)C)c2)c1. The third-order valence-electron chi connectivity index (χ3n) is 4.61. The molecule has 3 aromatic carbocycles. The molecule has 0 aliphatic carbocycles. The molecule has 0 heterocycles. The van der Waals surface area contributed by atoms with Crippen LogP contribution in [0.3, 0.4) is 0 Å². The lowest BCUT2D eigenvalue weighted by molar-refractivity contribution is 0.305. The molecular formula is C25H28O3S. The average Bonchev–Trinajstić information content (AvgIpc) is 2.66. The van der Waals surface area contributed by atoms with Crippen molar-refractivity contribution in [1.82, 2.24) is 0 Å². The maximum atomic E-state index is 12.7. The summed E-state index contributed by atoms with van der Waals surface area (Å²) in [4.78, 5) is 0.339. The Labute approximate surface area is 174 Å². The molecule has 3 nitrogen and oxygen atoms in total. The predicted molar refractivity (Wildman–Crippen MR) is 118 cm³/mol. The monoisotopic (exact) mass is 408 g/mol. The number of ether oxygens (including phenoxy) is 1. The molecule has 0 atom stereocenters. The first kappa shape index (κ1) is 21.1. The lowest BCUT2D eigenvalue weighted by Gasteiger charge is -2.12. The fourth-order valence-corrected chi connectivity index (χ4v) is 4.75. The highest BCUT2D eigenvalue weighted by molar-refractivity contribution is 7.90. The summed E-state index contributed by atoms with van der Waals surface area (Å²) in [5.41, 5.74) is 4.13. The van der Waals surface area contributed by atoms with Gasteiger partial charge in [-0.1, -0.05) is 62.4 Å². The zero-order valence-electron chi connectivity index (χ0n) is 17.3. The van der Waals surface area contributed by atoms with Gasteiger partial charge in [-0.15, -0.1) is 0 Å². The molecule has 0 aliphatic rings. The molecule has 3 aromatic rings. The smallest absolute Gasteiger partial charge is 0.182 e. The lowest BCUT2D eigenvalue weighted by Crippen LogP contribution is -2.05. The van der Waals surface area contributed by atoms with E-state index < -0.39 is 9.84 Å². The highest BCUT2D eigenvalue weighted by Gasteiger charge is 2.15. The van der Waals surface area contributed by atoms with Crippen LogP contribution in [0.1, 0.15) is 36.1 Å². The van der Waals surface area contributed by atoms with Gasteiger partial charge in [-0.05, 0) is 65.8 Å². The second-order valence-electron chi connectivity index (χ2n) is 7.93. The molecular weight excluding hydrogens is 380 g/mol.